The fraction of sp³-hybridized carbons (Fsp3) is 0. The van der Waals surface area contributed by atoms with Gasteiger partial charge in [-0.2, -0.15) is 0 Å². The second kappa shape index (κ2) is 15.1. The Balaban J connectivity index is 1.13. The van der Waals surface area contributed by atoms with Gasteiger partial charge in [-0.3, -0.25) is 0 Å². The van der Waals surface area contributed by atoms with Crippen LogP contribution in [0.15, 0.2) is 241 Å². The first kappa shape index (κ1) is 24.1. The molecule has 0 radical (unpaired) electrons. The van der Waals surface area contributed by atoms with Crippen LogP contribution in [0.3, 0.4) is 0 Å². The van der Waals surface area contributed by atoms with Crippen molar-refractivity contribution in [2.24, 2.45) is 0 Å². The van der Waals surface area contributed by atoms with E-state index in [2.05, 4.69) is 6.07 Å². The van der Waals surface area contributed by atoms with Gasteiger partial charge in [0.2, 0.25) is 0 Å². The normalized spacial score (nSPS) is 14.4. The molecule has 0 fully saturated rings. The summed E-state index contributed by atoms with van der Waals surface area (Å²) < 4.78 is 123. The van der Waals surface area contributed by atoms with Gasteiger partial charge in [-0.25, -0.2) is 0 Å². The summed E-state index contributed by atoms with van der Waals surface area (Å²) in [7, 11) is 0. The summed E-state index contributed by atoms with van der Waals surface area (Å²) in [4.78, 5) is 1.66. The van der Waals surface area contributed by atoms with Crippen molar-refractivity contribution in [2.45, 2.75) is 0 Å². The van der Waals surface area contributed by atoms with Crippen LogP contribution in [0.1, 0.15) is 17.8 Å². The number of hydrogen-bond acceptors (Lipinski definition) is 2. The van der Waals surface area contributed by atoms with E-state index in [0.29, 0.717) is 28.1 Å². The third-order valence-corrected chi connectivity index (χ3v) is 10.7. The van der Waals surface area contributed by atoms with Crippen LogP contribution in [0.2, 0.25) is 0 Å². The quantitative estimate of drug-likeness (QED) is 0.153. The largest absolute Gasteiger partial charge is 0.455 e. The van der Waals surface area contributed by atoms with Crippen molar-refractivity contribution in [1.29, 1.82) is 0 Å². The molecule has 0 N–H and O–H groups in total. The molecule has 0 spiro atoms. The zero-order chi connectivity index (χ0) is 51.1. The number of furan rings is 1. The van der Waals surface area contributed by atoms with Gasteiger partial charge in [-0.05, 0) is 104 Å². The molecule has 0 aliphatic heterocycles. The number of benzene rings is 10. The Morgan fingerprint density at radius 2 is 0.950 bits per heavy atom. The van der Waals surface area contributed by atoms with Crippen LogP contribution in [0.4, 0.5) is 17.1 Å². The Morgan fingerprint density at radius 3 is 1.70 bits per heavy atom. The highest BCUT2D eigenvalue weighted by Crippen LogP contribution is 2.46. The minimum atomic E-state index is -0.783. The summed E-state index contributed by atoms with van der Waals surface area (Å²) >= 11 is 0. The fourth-order valence-electron chi connectivity index (χ4n) is 7.86. The van der Waals surface area contributed by atoms with Crippen LogP contribution in [0, 0.1) is 0 Å². The topological polar surface area (TPSA) is 16.4 Å². The van der Waals surface area contributed by atoms with Gasteiger partial charge in [0.15, 0.2) is 0 Å². The van der Waals surface area contributed by atoms with Crippen LogP contribution in [-0.2, 0) is 0 Å². The number of nitrogens with zero attached hydrogens (tertiary/aromatic N) is 1. The van der Waals surface area contributed by atoms with Crippen molar-refractivity contribution in [1.82, 2.24) is 0 Å². The Kier molecular flexibility index (Phi) is 6.06. The molecule has 0 aliphatic rings. The first-order chi connectivity index (χ1) is 35.2. The number of anilines is 3. The monoisotopic (exact) mass is 778 g/mol. The SMILES string of the molecule is [2H]c1c([2H])c([2H])c(-c2c([2H])c([2H])c(-c3c([2H])c([2H])c(N(c4ccc(-c5cccc(-c6ccccc6)c5)cc4)c4ccccc4-c4cccc5oc6c7ccccc7ccc6c45)c([2H])c3[2H])c([2H])c2[2H])c([2H])c1[2H]. The Labute approximate surface area is 368 Å². The van der Waals surface area contributed by atoms with Gasteiger partial charge in [-0.1, -0.05) is 188 Å². The molecule has 0 amide bonds. The number of fused-ring (bicyclic) bond motifs is 5. The van der Waals surface area contributed by atoms with Crippen LogP contribution in [-0.4, -0.2) is 0 Å². The fourth-order valence-corrected chi connectivity index (χ4v) is 7.86. The predicted molar refractivity (Wildman–Crippen MR) is 253 cm³/mol. The summed E-state index contributed by atoms with van der Waals surface area (Å²) in [5.41, 5.74) is 5.36. The van der Waals surface area contributed by atoms with Gasteiger partial charge in [0.1, 0.15) is 11.2 Å². The van der Waals surface area contributed by atoms with Crippen molar-refractivity contribution in [3.63, 3.8) is 0 Å². The van der Waals surface area contributed by atoms with E-state index in [4.69, 9.17) is 14.0 Å². The van der Waals surface area contributed by atoms with Gasteiger partial charge in [0, 0.05) is 33.1 Å². The van der Waals surface area contributed by atoms with Gasteiger partial charge in [-0.15, -0.1) is 0 Å². The maximum Gasteiger partial charge on any atom is 0.143 e. The number of para-hydroxylation sites is 1. The molecule has 11 aromatic rings. The van der Waals surface area contributed by atoms with Gasteiger partial charge < -0.3 is 9.32 Å². The molecule has 1 heterocycles. The molecule has 11 rings (SSSR count). The van der Waals surface area contributed by atoms with Crippen LogP contribution in [0.25, 0.3) is 88.3 Å². The lowest BCUT2D eigenvalue weighted by atomic mass is 9.95. The highest BCUT2D eigenvalue weighted by Gasteiger charge is 2.21. The summed E-state index contributed by atoms with van der Waals surface area (Å²) in [6, 6.07) is 41.9. The van der Waals surface area contributed by atoms with E-state index in [9.17, 15) is 8.22 Å². The highest BCUT2D eigenvalue weighted by atomic mass is 16.3. The van der Waals surface area contributed by atoms with Crippen molar-refractivity contribution in [2.75, 3.05) is 4.90 Å². The molecule has 1 aromatic heterocycles. The second-order valence-electron chi connectivity index (χ2n) is 14.3. The van der Waals surface area contributed by atoms with Crippen molar-refractivity contribution < 1.29 is 22.2 Å². The molecule has 60 heavy (non-hydrogen) atoms. The Bertz CT molecular complexity index is 3990. The molecule has 0 saturated carbocycles. The van der Waals surface area contributed by atoms with E-state index in [1.807, 2.05) is 152 Å². The number of rotatable bonds is 8. The third-order valence-electron chi connectivity index (χ3n) is 10.7. The van der Waals surface area contributed by atoms with Crippen LogP contribution >= 0.6 is 0 Å². The van der Waals surface area contributed by atoms with E-state index in [1.54, 1.807) is 4.90 Å². The molecule has 0 atom stereocenters. The van der Waals surface area contributed by atoms with Crippen LogP contribution < -0.4 is 4.90 Å². The summed E-state index contributed by atoms with van der Waals surface area (Å²) in [5, 5.41) is 3.66. The molecule has 282 valence electrons. The summed E-state index contributed by atoms with van der Waals surface area (Å²) in [6.07, 6.45) is 0. The van der Waals surface area contributed by atoms with Gasteiger partial charge in [0.05, 0.1) is 23.5 Å². The zero-order valence-electron chi connectivity index (χ0n) is 44.9. The molecule has 0 unspecified atom stereocenters. The van der Waals surface area contributed by atoms with E-state index in [1.165, 1.54) is 0 Å². The molecular formula is C58H39NO. The predicted octanol–water partition coefficient (Wildman–Crippen LogP) is 16.5. The van der Waals surface area contributed by atoms with Crippen LogP contribution in [0.5, 0.6) is 0 Å². The third kappa shape index (κ3) is 6.41. The number of hydrogen-bond donors (Lipinski definition) is 0. The summed E-state index contributed by atoms with van der Waals surface area (Å²) in [5.74, 6) is 0. The van der Waals surface area contributed by atoms with E-state index in [0.717, 1.165) is 49.4 Å². The first-order valence-electron chi connectivity index (χ1n) is 25.9. The lowest BCUT2D eigenvalue weighted by Gasteiger charge is -2.28. The Morgan fingerprint density at radius 1 is 0.367 bits per heavy atom. The average molecular weight is 779 g/mol. The Hall–Kier alpha value is -7.94. The lowest BCUT2D eigenvalue weighted by molar-refractivity contribution is 0.673. The van der Waals surface area contributed by atoms with E-state index < -0.39 is 101 Å². The van der Waals surface area contributed by atoms with E-state index >= 15 is 0 Å². The first-order valence-corrected chi connectivity index (χ1v) is 19.4. The lowest BCUT2D eigenvalue weighted by Crippen LogP contribution is -2.11. The van der Waals surface area contributed by atoms with Crippen molar-refractivity contribution in [3.05, 3.63) is 236 Å². The van der Waals surface area contributed by atoms with Gasteiger partial charge in [0.25, 0.3) is 0 Å². The van der Waals surface area contributed by atoms with Crippen molar-refractivity contribution >= 4 is 49.8 Å². The minimum Gasteiger partial charge on any atom is -0.455 e. The second-order valence-corrected chi connectivity index (χ2v) is 14.3. The average Bonchev–Trinajstić information content (AvgIpc) is 3.82. The standard InChI is InChI=1S/C58H39NO/c1-3-13-40(14-4-1)42-25-27-43(28-26-42)44-29-34-49(35-30-44)59(50-36-31-45(32-37-50)48-19-11-18-47(39-48)41-15-5-2-6-16-41)55-23-10-9-21-52(55)53-22-12-24-56-57(53)54-38-33-46-17-7-8-20-51(46)58(54)60-56/h1-39H/i1D,3D,4D,13D,14D,25D,26D,27D,28D,29D,30D,34D,35D. The maximum atomic E-state index is 9.78. The molecule has 2 nitrogen and oxygen atoms in total. The van der Waals surface area contributed by atoms with E-state index in [-0.39, 0.29) is 5.69 Å². The molecule has 10 aromatic carbocycles. The van der Waals surface area contributed by atoms with Gasteiger partial charge >= 0.3 is 0 Å². The zero-order valence-corrected chi connectivity index (χ0v) is 31.9. The molecule has 0 saturated heterocycles. The molecule has 0 aliphatic carbocycles. The minimum absolute atomic E-state index is 0.161. The summed E-state index contributed by atoms with van der Waals surface area (Å²) in [6.45, 7) is 0. The highest BCUT2D eigenvalue weighted by molar-refractivity contribution is 6.19. The smallest absolute Gasteiger partial charge is 0.143 e. The molecular weight excluding hydrogens is 727 g/mol. The maximum absolute atomic E-state index is 9.78. The molecule has 2 heteroatoms. The molecule has 0 bridgehead atoms. The van der Waals surface area contributed by atoms with Crippen molar-refractivity contribution in [3.8, 4) is 55.6 Å².